The van der Waals surface area contributed by atoms with Gasteiger partial charge in [0.1, 0.15) is 34.8 Å². The van der Waals surface area contributed by atoms with Gasteiger partial charge in [-0.15, -0.1) is 0 Å². The Labute approximate surface area is 265 Å². The van der Waals surface area contributed by atoms with Gasteiger partial charge >= 0.3 is 6.11 Å². The minimum absolute atomic E-state index is 0.0159. The van der Waals surface area contributed by atoms with E-state index in [0.717, 1.165) is 79.8 Å². The second-order valence-corrected chi connectivity index (χ2v) is 10.7. The molecule has 5 aromatic rings. The monoisotopic (exact) mass is 654 g/mol. The van der Waals surface area contributed by atoms with E-state index in [0.29, 0.717) is 12.1 Å². The van der Waals surface area contributed by atoms with Crippen LogP contribution in [0, 0.1) is 29.1 Å². The molecular weight excluding hydrogens is 628 g/mol. The molecule has 0 radical (unpaired) electrons. The Morgan fingerprint density at radius 1 is 0.681 bits per heavy atom. The molecule has 0 spiro atoms. The number of rotatable bonds is 11. The maximum absolute atomic E-state index is 15.1. The lowest BCUT2D eigenvalue weighted by atomic mass is 9.98. The molecule has 0 saturated carbocycles. The molecule has 0 aliphatic rings. The average Bonchev–Trinajstić information content (AvgIpc) is 3.03. The van der Waals surface area contributed by atoms with Crippen molar-refractivity contribution in [2.75, 3.05) is 0 Å². The van der Waals surface area contributed by atoms with E-state index in [-0.39, 0.29) is 40.0 Å². The lowest BCUT2D eigenvalue weighted by Gasteiger charge is -2.19. The molecule has 242 valence electrons. The van der Waals surface area contributed by atoms with Crippen molar-refractivity contribution in [2.24, 2.45) is 0 Å². The Balaban J connectivity index is 1.32. The summed E-state index contributed by atoms with van der Waals surface area (Å²) in [5, 5.41) is 0. The molecule has 1 aromatic heterocycles. The van der Waals surface area contributed by atoms with Crippen molar-refractivity contribution in [3.8, 4) is 39.4 Å². The minimum Gasteiger partial charge on any atom is -0.429 e. The number of hydrogen-bond donors (Lipinski definition) is 0. The van der Waals surface area contributed by atoms with E-state index in [9.17, 15) is 22.0 Å². The second kappa shape index (κ2) is 14.1. The zero-order chi connectivity index (χ0) is 33.7. The molecule has 11 heteroatoms. The number of alkyl halides is 2. The molecule has 0 atom stereocenters. The Morgan fingerprint density at radius 3 is 1.89 bits per heavy atom. The first-order valence-corrected chi connectivity index (χ1v) is 14.5. The maximum atomic E-state index is 15.1. The van der Waals surface area contributed by atoms with Gasteiger partial charge in [-0.25, -0.2) is 36.3 Å². The van der Waals surface area contributed by atoms with Crippen LogP contribution in [0.2, 0.25) is 0 Å². The number of hydrogen-bond acceptors (Lipinski definition) is 3. The Kier molecular flexibility index (Phi) is 10.0. The van der Waals surface area contributed by atoms with Crippen LogP contribution in [0.4, 0.5) is 35.1 Å². The standard InChI is InChI=1S/C36H26F8N2O/c1-2-3-4-5-21-19-45-35(46-20-21)23-7-11-29(34(42)15-23)36(43,44)47-25-8-10-26(33(41)18-25)22-6-9-27(30(38)14-22)24-16-31(39)28(12-13-37)32(40)17-24/h6-20H,2-5H2,1H3. The summed E-state index contributed by atoms with van der Waals surface area (Å²) in [7, 11) is 0. The highest BCUT2D eigenvalue weighted by molar-refractivity contribution is 5.73. The summed E-state index contributed by atoms with van der Waals surface area (Å²) in [6.07, 6.45) is 3.44. The number of unbranched alkanes of at least 4 members (excludes halogenated alkanes) is 2. The summed E-state index contributed by atoms with van der Waals surface area (Å²) >= 11 is 0. The van der Waals surface area contributed by atoms with Crippen molar-refractivity contribution in [2.45, 2.75) is 38.7 Å². The summed E-state index contributed by atoms with van der Waals surface area (Å²) in [6, 6.07) is 10.6. The minimum atomic E-state index is -4.20. The molecule has 1 heterocycles. The van der Waals surface area contributed by atoms with Crippen LogP contribution in [0.15, 0.2) is 85.5 Å². The SMILES string of the molecule is CCCCCc1cnc(-c2ccc(C(F)(F)Oc3ccc(-c4ccc(-c5cc(F)c(C=CF)c(F)c5)c(F)c4)c(F)c3)c(F)c2)nc1. The van der Waals surface area contributed by atoms with Crippen LogP contribution in [0.25, 0.3) is 39.7 Å². The third-order valence-electron chi connectivity index (χ3n) is 7.40. The molecule has 47 heavy (non-hydrogen) atoms. The van der Waals surface area contributed by atoms with Gasteiger partial charge in [0, 0.05) is 40.7 Å². The highest BCUT2D eigenvalue weighted by atomic mass is 19.3. The van der Waals surface area contributed by atoms with Crippen molar-refractivity contribution < 1.29 is 39.9 Å². The molecule has 0 bridgehead atoms. The molecule has 4 aromatic carbocycles. The fourth-order valence-corrected chi connectivity index (χ4v) is 4.98. The van der Waals surface area contributed by atoms with Gasteiger partial charge in [-0.2, -0.15) is 8.78 Å². The first kappa shape index (κ1) is 33.3. The maximum Gasteiger partial charge on any atom is 0.429 e. The zero-order valence-corrected chi connectivity index (χ0v) is 24.8. The number of halogens is 8. The van der Waals surface area contributed by atoms with Crippen LogP contribution in [-0.4, -0.2) is 9.97 Å². The van der Waals surface area contributed by atoms with Crippen molar-refractivity contribution in [3.05, 3.63) is 131 Å². The molecule has 0 unspecified atom stereocenters. The summed E-state index contributed by atoms with van der Waals surface area (Å²) in [4.78, 5) is 8.42. The molecule has 0 aliphatic carbocycles. The number of benzene rings is 4. The zero-order valence-electron chi connectivity index (χ0n) is 24.8. The molecule has 0 fully saturated rings. The van der Waals surface area contributed by atoms with Crippen molar-refractivity contribution >= 4 is 6.08 Å². The van der Waals surface area contributed by atoms with Crippen LogP contribution in [0.3, 0.4) is 0 Å². The van der Waals surface area contributed by atoms with Crippen LogP contribution in [-0.2, 0) is 12.5 Å². The second-order valence-electron chi connectivity index (χ2n) is 10.7. The first-order valence-electron chi connectivity index (χ1n) is 14.5. The van der Waals surface area contributed by atoms with Gasteiger partial charge in [0.2, 0.25) is 0 Å². The normalized spacial score (nSPS) is 11.8. The Morgan fingerprint density at radius 2 is 1.28 bits per heavy atom. The van der Waals surface area contributed by atoms with E-state index < -0.39 is 52.1 Å². The van der Waals surface area contributed by atoms with E-state index in [1.165, 1.54) is 12.1 Å². The van der Waals surface area contributed by atoms with E-state index in [1.807, 2.05) is 0 Å². The van der Waals surface area contributed by atoms with Gasteiger partial charge in [-0.1, -0.05) is 38.0 Å². The van der Waals surface area contributed by atoms with Crippen molar-refractivity contribution in [1.82, 2.24) is 9.97 Å². The molecule has 0 aliphatic heterocycles. The lowest BCUT2D eigenvalue weighted by Crippen LogP contribution is -2.23. The van der Waals surface area contributed by atoms with Gasteiger partial charge in [0.15, 0.2) is 5.82 Å². The van der Waals surface area contributed by atoms with Crippen molar-refractivity contribution in [1.29, 1.82) is 0 Å². The predicted octanol–water partition coefficient (Wildman–Crippen LogP) is 11.0. The topological polar surface area (TPSA) is 35.0 Å². The van der Waals surface area contributed by atoms with Crippen LogP contribution in [0.1, 0.15) is 42.9 Å². The number of aromatic nitrogens is 2. The summed E-state index contributed by atoms with van der Waals surface area (Å²) < 4.78 is 121. The van der Waals surface area contributed by atoms with Crippen molar-refractivity contribution in [3.63, 3.8) is 0 Å². The fourth-order valence-electron chi connectivity index (χ4n) is 4.98. The van der Waals surface area contributed by atoms with Crippen LogP contribution < -0.4 is 4.74 Å². The molecule has 0 N–H and O–H groups in total. The predicted molar refractivity (Wildman–Crippen MR) is 162 cm³/mol. The third-order valence-corrected chi connectivity index (χ3v) is 7.40. The van der Waals surface area contributed by atoms with E-state index in [2.05, 4.69) is 21.6 Å². The quantitative estimate of drug-likeness (QED) is 0.105. The first-order chi connectivity index (χ1) is 22.5. The highest BCUT2D eigenvalue weighted by Crippen LogP contribution is 2.37. The highest BCUT2D eigenvalue weighted by Gasteiger charge is 2.38. The molecule has 3 nitrogen and oxygen atoms in total. The largest absolute Gasteiger partial charge is 0.429 e. The average molecular weight is 655 g/mol. The molecule has 0 amide bonds. The summed E-state index contributed by atoms with van der Waals surface area (Å²) in [5.74, 6) is -6.03. The fraction of sp³-hybridized carbons (Fsp3) is 0.167. The van der Waals surface area contributed by atoms with Gasteiger partial charge in [-0.05, 0) is 78.1 Å². The third kappa shape index (κ3) is 7.51. The summed E-state index contributed by atoms with van der Waals surface area (Å²) in [6.45, 7) is 2.09. The van der Waals surface area contributed by atoms with E-state index in [4.69, 9.17) is 0 Å². The van der Waals surface area contributed by atoms with Gasteiger partial charge in [-0.3, -0.25) is 0 Å². The molecule has 0 saturated heterocycles. The van der Waals surface area contributed by atoms with Gasteiger partial charge in [0.25, 0.3) is 0 Å². The number of ether oxygens (including phenoxy) is 1. The van der Waals surface area contributed by atoms with E-state index >= 15 is 13.2 Å². The Bertz CT molecular complexity index is 1900. The Hall–Kier alpha value is -5.06. The molecule has 5 rings (SSSR count). The summed E-state index contributed by atoms with van der Waals surface area (Å²) in [5.41, 5.74) is -1.27. The van der Waals surface area contributed by atoms with Crippen LogP contribution >= 0.6 is 0 Å². The van der Waals surface area contributed by atoms with E-state index in [1.54, 1.807) is 12.4 Å². The number of aryl methyl sites for hydroxylation is 1. The smallest absolute Gasteiger partial charge is 0.429 e. The number of nitrogens with zero attached hydrogens (tertiary/aromatic N) is 2. The van der Waals surface area contributed by atoms with Gasteiger partial charge in [0.05, 0.1) is 11.9 Å². The lowest BCUT2D eigenvalue weighted by molar-refractivity contribution is -0.187. The van der Waals surface area contributed by atoms with Crippen LogP contribution in [0.5, 0.6) is 5.75 Å². The molecular formula is C36H26F8N2O. The van der Waals surface area contributed by atoms with Gasteiger partial charge < -0.3 is 4.74 Å².